The fraction of sp³-hybridized carbons (Fsp3) is 0.296. The predicted octanol–water partition coefficient (Wildman–Crippen LogP) is 3.95. The maximum Gasteiger partial charge on any atom is 0.327 e. The second kappa shape index (κ2) is 11.0. The second-order valence-electron chi connectivity index (χ2n) is 9.03. The lowest BCUT2D eigenvalue weighted by Crippen LogP contribution is -2.70. The number of carbonyl (C=O) groups excluding carboxylic acids is 3. The molecule has 2 aromatic heterocycles. The Morgan fingerprint density at radius 2 is 1.84 bits per heavy atom. The van der Waals surface area contributed by atoms with Gasteiger partial charge in [-0.05, 0) is 60.4 Å². The van der Waals surface area contributed by atoms with E-state index in [4.69, 9.17) is 17.3 Å². The highest BCUT2D eigenvalue weighted by molar-refractivity contribution is 6.30. The third-order valence-electron chi connectivity index (χ3n) is 6.74. The summed E-state index contributed by atoms with van der Waals surface area (Å²) in [5, 5.41) is 0.556. The molecule has 0 saturated carbocycles. The second-order valence-corrected chi connectivity index (χ2v) is 9.46. The monoisotopic (exact) mass is 520 g/mol. The van der Waals surface area contributed by atoms with Crippen LogP contribution in [-0.4, -0.2) is 57.8 Å². The van der Waals surface area contributed by atoms with Crippen molar-refractivity contribution in [2.75, 3.05) is 24.7 Å². The summed E-state index contributed by atoms with van der Waals surface area (Å²) in [6.07, 6.45) is 5.57. The molecule has 0 radical (unpaired) electrons. The van der Waals surface area contributed by atoms with Gasteiger partial charge in [-0.3, -0.25) is 19.5 Å². The van der Waals surface area contributed by atoms with Crippen molar-refractivity contribution < 1.29 is 14.4 Å². The number of nitrogens with two attached hydrogens (primary N) is 1. The Bertz CT molecular complexity index is 1300. The van der Waals surface area contributed by atoms with Crippen molar-refractivity contribution in [3.8, 4) is 0 Å². The number of likely N-dealkylation sites (N-methyl/N-ethyl adjacent to an activating group) is 1. The summed E-state index contributed by atoms with van der Waals surface area (Å²) in [4.78, 5) is 52.8. The Hall–Kier alpha value is -3.98. The van der Waals surface area contributed by atoms with Gasteiger partial charge in [-0.1, -0.05) is 30.7 Å². The van der Waals surface area contributed by atoms with Crippen LogP contribution in [0.2, 0.25) is 5.02 Å². The summed E-state index contributed by atoms with van der Waals surface area (Å²) >= 11 is 6.18. The highest BCUT2D eigenvalue weighted by atomic mass is 35.5. The Balaban J connectivity index is 1.64. The number of rotatable bonds is 7. The van der Waals surface area contributed by atoms with Gasteiger partial charge < -0.3 is 15.5 Å². The van der Waals surface area contributed by atoms with Crippen LogP contribution in [0.5, 0.6) is 0 Å². The van der Waals surface area contributed by atoms with Crippen molar-refractivity contribution in [1.82, 2.24) is 19.8 Å². The highest BCUT2D eigenvalue weighted by Crippen LogP contribution is 2.35. The number of urea groups is 1. The lowest BCUT2D eigenvalue weighted by atomic mass is 9.81. The third-order valence-corrected chi connectivity index (χ3v) is 6.98. The van der Waals surface area contributed by atoms with E-state index >= 15 is 0 Å². The van der Waals surface area contributed by atoms with Gasteiger partial charge >= 0.3 is 6.03 Å². The molecule has 1 fully saturated rings. The number of nitrogens with zero attached hydrogens (tertiary/aromatic N) is 5. The Kier molecular flexibility index (Phi) is 7.73. The van der Waals surface area contributed by atoms with E-state index in [-0.39, 0.29) is 18.4 Å². The van der Waals surface area contributed by atoms with E-state index < -0.39 is 23.9 Å². The predicted molar refractivity (Wildman–Crippen MR) is 142 cm³/mol. The number of pyridine rings is 2. The van der Waals surface area contributed by atoms with Crippen LogP contribution >= 0.6 is 11.6 Å². The first-order valence-electron chi connectivity index (χ1n) is 12.0. The van der Waals surface area contributed by atoms with Crippen molar-refractivity contribution in [3.05, 3.63) is 83.3 Å². The number of carbonyl (C=O) groups is 3. The molecule has 2 N–H and O–H groups in total. The van der Waals surface area contributed by atoms with Crippen molar-refractivity contribution in [2.24, 2.45) is 5.92 Å². The lowest BCUT2D eigenvalue weighted by Gasteiger charge is -2.47. The normalized spacial score (nSPS) is 17.6. The quantitative estimate of drug-likeness (QED) is 0.472. The Labute approximate surface area is 220 Å². The molecule has 1 aromatic carbocycles. The van der Waals surface area contributed by atoms with Gasteiger partial charge in [0.15, 0.2) is 0 Å². The van der Waals surface area contributed by atoms with Gasteiger partial charge in [0.05, 0.1) is 12.0 Å². The third kappa shape index (κ3) is 5.27. The molecule has 4 rings (SSSR count). The minimum Gasteiger partial charge on any atom is -0.384 e. The van der Waals surface area contributed by atoms with Crippen molar-refractivity contribution in [2.45, 2.75) is 31.8 Å². The molecule has 192 valence electrons. The number of nitrogen functional groups attached to an aromatic ring is 1. The first-order chi connectivity index (χ1) is 17.7. The number of benzene rings is 1. The van der Waals surface area contributed by atoms with Crippen LogP contribution in [0.1, 0.15) is 30.5 Å². The average molecular weight is 521 g/mol. The first-order valence-corrected chi connectivity index (χ1v) is 12.3. The highest BCUT2D eigenvalue weighted by Gasteiger charge is 2.56. The largest absolute Gasteiger partial charge is 0.384 e. The fourth-order valence-corrected chi connectivity index (χ4v) is 4.96. The van der Waals surface area contributed by atoms with E-state index in [9.17, 15) is 14.4 Å². The number of aromatic nitrogens is 2. The van der Waals surface area contributed by atoms with Gasteiger partial charge in [0, 0.05) is 43.4 Å². The molecule has 37 heavy (non-hydrogen) atoms. The molecular weight excluding hydrogens is 492 g/mol. The SMILES string of the molecule is CC[C@H](c1cccc(Cl)c1)N(C)C(=O)N1C(=O)[C@H](Cc2ccnc(N)c2)[C@H]1C(=O)N(C)c1ccncc1. The molecule has 3 aromatic rings. The number of hydrogen-bond acceptors (Lipinski definition) is 6. The molecular formula is C27H29ClN6O3. The Morgan fingerprint density at radius 1 is 1.11 bits per heavy atom. The zero-order valence-corrected chi connectivity index (χ0v) is 21.7. The van der Waals surface area contributed by atoms with Gasteiger partial charge in [0.1, 0.15) is 11.9 Å². The van der Waals surface area contributed by atoms with Gasteiger partial charge in [0.25, 0.3) is 5.91 Å². The van der Waals surface area contributed by atoms with Crippen molar-refractivity contribution in [3.63, 3.8) is 0 Å². The smallest absolute Gasteiger partial charge is 0.327 e. The molecule has 1 aliphatic rings. The fourth-order valence-electron chi connectivity index (χ4n) is 4.76. The van der Waals surface area contributed by atoms with Gasteiger partial charge in [-0.15, -0.1) is 0 Å². The van der Waals surface area contributed by atoms with E-state index in [2.05, 4.69) is 9.97 Å². The number of hydrogen-bond donors (Lipinski definition) is 1. The van der Waals surface area contributed by atoms with Gasteiger partial charge in [-0.25, -0.2) is 9.78 Å². The summed E-state index contributed by atoms with van der Waals surface area (Å²) in [6, 6.07) is 12.2. The molecule has 4 amide bonds. The van der Waals surface area contributed by atoms with Gasteiger partial charge in [0.2, 0.25) is 5.91 Å². The van der Waals surface area contributed by atoms with Crippen LogP contribution in [0.3, 0.4) is 0 Å². The molecule has 0 unspecified atom stereocenters. The van der Waals surface area contributed by atoms with Crippen LogP contribution in [0.15, 0.2) is 67.1 Å². The van der Waals surface area contributed by atoms with E-state index in [1.54, 1.807) is 69.1 Å². The van der Waals surface area contributed by atoms with E-state index in [1.165, 1.54) is 9.80 Å². The summed E-state index contributed by atoms with van der Waals surface area (Å²) in [6.45, 7) is 1.95. The summed E-state index contributed by atoms with van der Waals surface area (Å²) in [5.41, 5.74) is 8.04. The standard InChI is InChI=1S/C27H29ClN6O3/c1-4-22(18-6-5-7-19(28)16-18)33(3)27(37)34-24(26(36)32(2)20-9-11-30-12-10-20)21(25(34)35)14-17-8-13-31-23(29)15-17/h5-13,15-16,21-22,24H,4,14H2,1-3H3,(H2,29,31)/t21-,22-,24+/m1/s1. The van der Waals surface area contributed by atoms with E-state index in [0.717, 1.165) is 16.0 Å². The molecule has 0 spiro atoms. The summed E-state index contributed by atoms with van der Waals surface area (Å²) < 4.78 is 0. The summed E-state index contributed by atoms with van der Waals surface area (Å²) in [5.74, 6) is -1.17. The van der Waals surface area contributed by atoms with Crippen LogP contribution in [0.25, 0.3) is 0 Å². The zero-order chi connectivity index (χ0) is 26.7. The molecule has 1 saturated heterocycles. The van der Waals surface area contributed by atoms with Crippen LogP contribution in [-0.2, 0) is 16.0 Å². The molecule has 0 bridgehead atoms. The van der Waals surface area contributed by atoms with E-state index in [0.29, 0.717) is 22.9 Å². The topological polar surface area (TPSA) is 113 Å². The molecule has 1 aliphatic heterocycles. The molecule has 3 heterocycles. The number of imide groups is 1. The van der Waals surface area contributed by atoms with E-state index in [1.807, 2.05) is 19.1 Å². The number of likely N-dealkylation sites (tertiary alicyclic amines) is 1. The number of β-lactam (4-membered cyclic amide) rings is 1. The lowest BCUT2D eigenvalue weighted by molar-refractivity contribution is -0.157. The van der Waals surface area contributed by atoms with Crippen molar-refractivity contribution >= 4 is 41.0 Å². The first kappa shape index (κ1) is 26.1. The Morgan fingerprint density at radius 3 is 2.49 bits per heavy atom. The minimum atomic E-state index is -0.980. The van der Waals surface area contributed by atoms with Crippen LogP contribution < -0.4 is 10.6 Å². The van der Waals surface area contributed by atoms with Crippen molar-refractivity contribution in [1.29, 1.82) is 0 Å². The molecule has 3 atom stereocenters. The zero-order valence-electron chi connectivity index (χ0n) is 20.9. The van der Waals surface area contributed by atoms with Crippen LogP contribution in [0, 0.1) is 5.92 Å². The number of halogens is 1. The maximum absolute atomic E-state index is 13.7. The maximum atomic E-state index is 13.7. The summed E-state index contributed by atoms with van der Waals surface area (Å²) in [7, 11) is 3.25. The van der Waals surface area contributed by atoms with Crippen LogP contribution in [0.4, 0.5) is 16.3 Å². The molecule has 10 heteroatoms. The molecule has 0 aliphatic carbocycles. The van der Waals surface area contributed by atoms with Gasteiger partial charge in [-0.2, -0.15) is 0 Å². The minimum absolute atomic E-state index is 0.255. The average Bonchev–Trinajstić information content (AvgIpc) is 2.90. The number of amides is 4. The number of anilines is 2. The molecule has 9 nitrogen and oxygen atoms in total.